The Morgan fingerprint density at radius 3 is 2.57 bits per heavy atom. The molecule has 1 aromatic carbocycles. The summed E-state index contributed by atoms with van der Waals surface area (Å²) in [4.78, 5) is 11.7. The van der Waals surface area contributed by atoms with E-state index < -0.39 is 30.0 Å². The van der Waals surface area contributed by atoms with Crippen LogP contribution in [0.4, 0.5) is 13.2 Å². The molecule has 0 spiro atoms. The fourth-order valence-electron chi connectivity index (χ4n) is 1.49. The van der Waals surface area contributed by atoms with Crippen LogP contribution in [0.3, 0.4) is 0 Å². The molecule has 0 fully saturated rings. The number of alkyl halides is 3. The van der Waals surface area contributed by atoms with Gasteiger partial charge in [-0.25, -0.2) is 0 Å². The number of hydrogen-bond acceptors (Lipinski definition) is 4. The zero-order valence-corrected chi connectivity index (χ0v) is 11.6. The van der Waals surface area contributed by atoms with Crippen LogP contribution in [-0.4, -0.2) is 29.8 Å². The Labute approximate surface area is 123 Å². The van der Waals surface area contributed by atoms with Crippen LogP contribution in [0.25, 0.3) is 0 Å². The van der Waals surface area contributed by atoms with E-state index in [1.165, 1.54) is 18.2 Å². The topological polar surface area (TPSA) is 73.2 Å². The largest absolute Gasteiger partial charge is 0.431 e. The second kappa shape index (κ2) is 6.73. The van der Waals surface area contributed by atoms with Crippen molar-refractivity contribution in [3.8, 4) is 0 Å². The van der Waals surface area contributed by atoms with Crippen molar-refractivity contribution < 1.29 is 23.1 Å². The lowest BCUT2D eigenvalue weighted by Gasteiger charge is -2.11. The molecule has 21 heavy (non-hydrogen) atoms. The molecule has 0 aromatic heterocycles. The van der Waals surface area contributed by atoms with Gasteiger partial charge in [0.05, 0.1) is 6.61 Å². The molecule has 0 aliphatic rings. The SMILES string of the molecule is CN/C(=C\C(=O)C(=N)c1ccc(Cl)c(CO)c1)C(F)(F)F. The number of nitrogens with one attached hydrogen (secondary N) is 2. The van der Waals surface area contributed by atoms with Gasteiger partial charge in [0.25, 0.3) is 0 Å². The van der Waals surface area contributed by atoms with Crippen LogP contribution in [0, 0.1) is 5.41 Å². The first kappa shape index (κ1) is 17.2. The highest BCUT2D eigenvalue weighted by Crippen LogP contribution is 2.23. The number of rotatable bonds is 5. The number of allylic oxidation sites excluding steroid dienone is 2. The van der Waals surface area contributed by atoms with Crippen LogP contribution in [0.15, 0.2) is 30.0 Å². The van der Waals surface area contributed by atoms with Crippen molar-refractivity contribution in [2.24, 2.45) is 0 Å². The number of halogens is 4. The summed E-state index contributed by atoms with van der Waals surface area (Å²) in [5.41, 5.74) is -1.52. The Morgan fingerprint density at radius 2 is 2.10 bits per heavy atom. The van der Waals surface area contributed by atoms with E-state index in [0.717, 1.165) is 7.05 Å². The minimum Gasteiger partial charge on any atom is -0.392 e. The smallest absolute Gasteiger partial charge is 0.392 e. The first-order valence-corrected chi connectivity index (χ1v) is 6.07. The number of carbonyl (C=O) groups is 1. The van der Waals surface area contributed by atoms with E-state index in [1.807, 2.05) is 5.32 Å². The molecule has 0 amide bonds. The maximum Gasteiger partial charge on any atom is 0.431 e. The van der Waals surface area contributed by atoms with Crippen LogP contribution in [0.2, 0.25) is 5.02 Å². The molecule has 8 heteroatoms. The lowest BCUT2D eigenvalue weighted by Crippen LogP contribution is -2.25. The molecule has 0 aliphatic heterocycles. The molecule has 0 bridgehead atoms. The molecule has 0 atom stereocenters. The maximum atomic E-state index is 12.5. The van der Waals surface area contributed by atoms with Crippen LogP contribution < -0.4 is 5.32 Å². The third kappa shape index (κ3) is 4.30. The number of hydrogen-bond donors (Lipinski definition) is 3. The van der Waals surface area contributed by atoms with Crippen molar-refractivity contribution in [3.05, 3.63) is 46.1 Å². The molecule has 3 N–H and O–H groups in total. The van der Waals surface area contributed by atoms with Gasteiger partial charge in [-0.2, -0.15) is 13.2 Å². The highest BCUT2D eigenvalue weighted by Gasteiger charge is 2.34. The normalized spacial score (nSPS) is 12.2. The lowest BCUT2D eigenvalue weighted by atomic mass is 10.0. The highest BCUT2D eigenvalue weighted by atomic mass is 35.5. The van der Waals surface area contributed by atoms with E-state index in [-0.39, 0.29) is 16.1 Å². The summed E-state index contributed by atoms with van der Waals surface area (Å²) in [6.07, 6.45) is -4.39. The number of aliphatic hydroxyl groups is 1. The van der Waals surface area contributed by atoms with Crippen molar-refractivity contribution in [1.82, 2.24) is 5.32 Å². The predicted octanol–water partition coefficient (Wildman–Crippen LogP) is 2.43. The molecule has 1 rings (SSSR count). The standard InChI is InChI=1S/C13H12ClF3N2O2/c1-19-11(13(15,16)17)5-10(21)12(18)7-2-3-9(14)8(4-7)6-20/h2-5,18-20H,6H2,1H3/b11-5-,18-12?. The van der Waals surface area contributed by atoms with Crippen molar-refractivity contribution in [3.63, 3.8) is 0 Å². The number of benzene rings is 1. The van der Waals surface area contributed by atoms with Crippen molar-refractivity contribution >= 4 is 23.1 Å². The summed E-state index contributed by atoms with van der Waals surface area (Å²) in [6, 6.07) is 3.96. The van der Waals surface area contributed by atoms with E-state index in [4.69, 9.17) is 22.1 Å². The van der Waals surface area contributed by atoms with E-state index in [1.54, 1.807) is 0 Å². The molecule has 0 unspecified atom stereocenters. The first-order valence-electron chi connectivity index (χ1n) is 5.70. The van der Waals surface area contributed by atoms with E-state index >= 15 is 0 Å². The third-order valence-corrected chi connectivity index (χ3v) is 2.97. The molecule has 1 aromatic rings. The summed E-state index contributed by atoms with van der Waals surface area (Å²) in [6.45, 7) is -0.408. The number of aliphatic hydroxyl groups excluding tert-OH is 1. The zero-order valence-electron chi connectivity index (χ0n) is 10.9. The first-order chi connectivity index (χ1) is 9.70. The highest BCUT2D eigenvalue weighted by molar-refractivity contribution is 6.48. The molecule has 0 heterocycles. The van der Waals surface area contributed by atoms with Gasteiger partial charge < -0.3 is 10.4 Å². The van der Waals surface area contributed by atoms with Gasteiger partial charge in [0.1, 0.15) is 11.4 Å². The molecular formula is C13H12ClF3N2O2. The molecule has 0 saturated heterocycles. The van der Waals surface area contributed by atoms with Crippen LogP contribution in [0.5, 0.6) is 0 Å². The minimum absolute atomic E-state index is 0.0716. The second-order valence-corrected chi connectivity index (χ2v) is 4.42. The quantitative estimate of drug-likeness (QED) is 0.576. The summed E-state index contributed by atoms with van der Waals surface area (Å²) >= 11 is 5.76. The van der Waals surface area contributed by atoms with Crippen LogP contribution in [-0.2, 0) is 11.4 Å². The molecule has 0 saturated carbocycles. The van der Waals surface area contributed by atoms with Gasteiger partial charge >= 0.3 is 6.18 Å². The molecular weight excluding hydrogens is 309 g/mol. The number of carbonyl (C=O) groups excluding carboxylic acids is 1. The third-order valence-electron chi connectivity index (χ3n) is 2.60. The summed E-state index contributed by atoms with van der Waals surface area (Å²) in [7, 11) is 1.03. The van der Waals surface area contributed by atoms with Gasteiger partial charge in [-0.05, 0) is 17.7 Å². The minimum atomic E-state index is -4.71. The maximum absolute atomic E-state index is 12.5. The van der Waals surface area contributed by atoms with Crippen LogP contribution >= 0.6 is 11.6 Å². The summed E-state index contributed by atoms with van der Waals surface area (Å²) in [5.74, 6) is -1.11. The van der Waals surface area contributed by atoms with Gasteiger partial charge in [-0.1, -0.05) is 17.7 Å². The zero-order chi connectivity index (χ0) is 16.2. The monoisotopic (exact) mass is 320 g/mol. The Balaban J connectivity index is 3.09. The Hall–Kier alpha value is -1.86. The van der Waals surface area contributed by atoms with E-state index in [2.05, 4.69) is 0 Å². The molecule has 0 aliphatic carbocycles. The number of ketones is 1. The van der Waals surface area contributed by atoms with Crippen molar-refractivity contribution in [2.45, 2.75) is 12.8 Å². The van der Waals surface area contributed by atoms with E-state index in [9.17, 15) is 18.0 Å². The van der Waals surface area contributed by atoms with Crippen molar-refractivity contribution in [2.75, 3.05) is 7.05 Å². The van der Waals surface area contributed by atoms with Gasteiger partial charge in [0.15, 0.2) is 0 Å². The molecule has 4 nitrogen and oxygen atoms in total. The van der Waals surface area contributed by atoms with Gasteiger partial charge in [-0.15, -0.1) is 0 Å². The summed E-state index contributed by atoms with van der Waals surface area (Å²) in [5, 5.41) is 18.8. The van der Waals surface area contributed by atoms with Gasteiger partial charge in [0.2, 0.25) is 5.78 Å². The van der Waals surface area contributed by atoms with E-state index in [0.29, 0.717) is 6.08 Å². The van der Waals surface area contributed by atoms with Gasteiger partial charge in [-0.3, -0.25) is 10.2 Å². The lowest BCUT2D eigenvalue weighted by molar-refractivity contribution is -0.111. The molecule has 114 valence electrons. The fraction of sp³-hybridized carbons (Fsp3) is 0.231. The van der Waals surface area contributed by atoms with Crippen molar-refractivity contribution in [1.29, 1.82) is 5.41 Å². The predicted molar refractivity (Wildman–Crippen MR) is 72.4 cm³/mol. The summed E-state index contributed by atoms with van der Waals surface area (Å²) < 4.78 is 37.5. The fourth-order valence-corrected chi connectivity index (χ4v) is 1.67. The average molecular weight is 321 g/mol. The van der Waals surface area contributed by atoms with Crippen LogP contribution in [0.1, 0.15) is 11.1 Å². The molecule has 0 radical (unpaired) electrons. The van der Waals surface area contributed by atoms with Gasteiger partial charge in [0, 0.05) is 23.7 Å². The Kier molecular flexibility index (Phi) is 5.51. The second-order valence-electron chi connectivity index (χ2n) is 4.01. The average Bonchev–Trinajstić information content (AvgIpc) is 2.42. The Morgan fingerprint density at radius 1 is 1.48 bits per heavy atom. The Bertz CT molecular complexity index is 598.